The van der Waals surface area contributed by atoms with Crippen LogP contribution in [0.15, 0.2) is 34.8 Å². The van der Waals surface area contributed by atoms with Crippen molar-refractivity contribution in [2.45, 2.75) is 46.2 Å². The number of aryl methyl sites for hydroxylation is 3. The zero-order valence-electron chi connectivity index (χ0n) is 13.1. The largest absolute Gasteiger partial charge is 0.310 e. The summed E-state index contributed by atoms with van der Waals surface area (Å²) in [5.41, 5.74) is 3.70. The molecular weight excluding hydrogens is 326 g/mol. The number of nitrogens with zero attached hydrogens (tertiary/aromatic N) is 2. The van der Waals surface area contributed by atoms with Crippen LogP contribution in [0.5, 0.6) is 0 Å². The molecule has 0 bridgehead atoms. The topological polar surface area (TPSA) is 29.9 Å². The summed E-state index contributed by atoms with van der Waals surface area (Å²) in [5, 5.41) is 8.14. The van der Waals surface area contributed by atoms with Crippen LogP contribution in [-0.4, -0.2) is 16.3 Å². The molecule has 0 spiro atoms. The van der Waals surface area contributed by atoms with Gasteiger partial charge in [-0.2, -0.15) is 5.10 Å². The van der Waals surface area contributed by atoms with Gasteiger partial charge in [-0.25, -0.2) is 0 Å². The van der Waals surface area contributed by atoms with E-state index >= 15 is 0 Å². The summed E-state index contributed by atoms with van der Waals surface area (Å²) in [7, 11) is 0. The summed E-state index contributed by atoms with van der Waals surface area (Å²) >= 11 is 3.48. The second-order valence-electron chi connectivity index (χ2n) is 5.47. The van der Waals surface area contributed by atoms with Crippen molar-refractivity contribution in [3.05, 3.63) is 51.8 Å². The minimum Gasteiger partial charge on any atom is -0.310 e. The average Bonchev–Trinajstić information content (AvgIpc) is 2.78. The Labute approximate surface area is 135 Å². The highest BCUT2D eigenvalue weighted by molar-refractivity contribution is 9.10. The van der Waals surface area contributed by atoms with Crippen LogP contribution in [0.2, 0.25) is 0 Å². The molecule has 1 atom stereocenters. The van der Waals surface area contributed by atoms with Crippen molar-refractivity contribution in [3.8, 4) is 0 Å². The van der Waals surface area contributed by atoms with Gasteiger partial charge >= 0.3 is 0 Å². The minimum atomic E-state index is 0.429. The summed E-state index contributed by atoms with van der Waals surface area (Å²) in [6, 6.07) is 11.1. The SMILES string of the molecule is CCC(NCCCn1nc(C)cc1C)c1ccc(Br)cc1. The second-order valence-corrected chi connectivity index (χ2v) is 6.39. The number of benzene rings is 1. The van der Waals surface area contributed by atoms with Gasteiger partial charge in [0.25, 0.3) is 0 Å². The summed E-state index contributed by atoms with van der Waals surface area (Å²) < 4.78 is 3.23. The van der Waals surface area contributed by atoms with E-state index in [0.29, 0.717) is 6.04 Å². The van der Waals surface area contributed by atoms with Gasteiger partial charge in [-0.3, -0.25) is 4.68 Å². The zero-order valence-corrected chi connectivity index (χ0v) is 14.7. The summed E-state index contributed by atoms with van der Waals surface area (Å²) in [5.74, 6) is 0. The lowest BCUT2D eigenvalue weighted by Crippen LogP contribution is -2.23. The van der Waals surface area contributed by atoms with E-state index in [1.54, 1.807) is 0 Å². The number of aromatic nitrogens is 2. The van der Waals surface area contributed by atoms with E-state index in [-0.39, 0.29) is 0 Å². The van der Waals surface area contributed by atoms with Gasteiger partial charge in [0, 0.05) is 22.8 Å². The van der Waals surface area contributed by atoms with Crippen molar-refractivity contribution < 1.29 is 0 Å². The van der Waals surface area contributed by atoms with Gasteiger partial charge in [0.1, 0.15) is 0 Å². The van der Waals surface area contributed by atoms with Crippen LogP contribution in [0.25, 0.3) is 0 Å². The van der Waals surface area contributed by atoms with Gasteiger partial charge in [0.15, 0.2) is 0 Å². The van der Waals surface area contributed by atoms with E-state index in [0.717, 1.165) is 36.1 Å². The Morgan fingerprint density at radius 2 is 1.95 bits per heavy atom. The van der Waals surface area contributed by atoms with E-state index in [1.807, 2.05) is 6.92 Å². The van der Waals surface area contributed by atoms with Crippen LogP contribution in [0.4, 0.5) is 0 Å². The lowest BCUT2D eigenvalue weighted by molar-refractivity contribution is 0.475. The third-order valence-corrected chi connectivity index (χ3v) is 4.25. The Bertz CT molecular complexity index is 560. The molecule has 0 saturated carbocycles. The molecule has 1 aromatic carbocycles. The number of halogens is 1. The number of rotatable bonds is 7. The molecule has 1 heterocycles. The van der Waals surface area contributed by atoms with Gasteiger partial charge in [0.05, 0.1) is 5.69 Å². The molecule has 0 radical (unpaired) electrons. The molecule has 21 heavy (non-hydrogen) atoms. The molecule has 0 aliphatic rings. The van der Waals surface area contributed by atoms with Gasteiger partial charge in [0.2, 0.25) is 0 Å². The molecule has 0 aliphatic carbocycles. The molecule has 0 fully saturated rings. The molecule has 0 aliphatic heterocycles. The maximum absolute atomic E-state index is 4.50. The maximum atomic E-state index is 4.50. The van der Waals surface area contributed by atoms with Crippen molar-refractivity contribution in [1.82, 2.24) is 15.1 Å². The predicted molar refractivity (Wildman–Crippen MR) is 91.5 cm³/mol. The van der Waals surface area contributed by atoms with E-state index in [2.05, 4.69) is 75.2 Å². The van der Waals surface area contributed by atoms with Crippen LogP contribution in [-0.2, 0) is 6.54 Å². The molecule has 4 heteroatoms. The number of hydrogen-bond acceptors (Lipinski definition) is 2. The fourth-order valence-corrected chi connectivity index (χ4v) is 2.86. The monoisotopic (exact) mass is 349 g/mol. The number of hydrogen-bond donors (Lipinski definition) is 1. The molecule has 1 aromatic heterocycles. The Morgan fingerprint density at radius 3 is 2.52 bits per heavy atom. The van der Waals surface area contributed by atoms with Crippen LogP contribution < -0.4 is 5.32 Å². The smallest absolute Gasteiger partial charge is 0.0596 e. The van der Waals surface area contributed by atoms with E-state index in [9.17, 15) is 0 Å². The van der Waals surface area contributed by atoms with Gasteiger partial charge < -0.3 is 5.32 Å². The second kappa shape index (κ2) is 7.76. The van der Waals surface area contributed by atoms with Crippen molar-refractivity contribution >= 4 is 15.9 Å². The highest BCUT2D eigenvalue weighted by atomic mass is 79.9. The first-order chi connectivity index (χ1) is 10.1. The first-order valence-corrected chi connectivity index (χ1v) is 8.39. The Kier molecular flexibility index (Phi) is 6.00. The molecule has 3 nitrogen and oxygen atoms in total. The summed E-state index contributed by atoms with van der Waals surface area (Å²) in [4.78, 5) is 0. The predicted octanol–water partition coefficient (Wildman–Crippen LogP) is 4.39. The Morgan fingerprint density at radius 1 is 1.24 bits per heavy atom. The third kappa shape index (κ3) is 4.68. The Hall–Kier alpha value is -1.13. The van der Waals surface area contributed by atoms with Crippen molar-refractivity contribution in [2.75, 3.05) is 6.54 Å². The van der Waals surface area contributed by atoms with Gasteiger partial charge in [-0.15, -0.1) is 0 Å². The molecule has 2 aromatic rings. The first kappa shape index (κ1) is 16.2. The molecule has 114 valence electrons. The van der Waals surface area contributed by atoms with E-state index < -0.39 is 0 Å². The fraction of sp³-hybridized carbons (Fsp3) is 0.471. The lowest BCUT2D eigenvalue weighted by atomic mass is 10.0. The molecule has 1 N–H and O–H groups in total. The van der Waals surface area contributed by atoms with E-state index in [1.165, 1.54) is 11.3 Å². The highest BCUT2D eigenvalue weighted by Gasteiger charge is 2.08. The molecule has 2 rings (SSSR count). The Balaban J connectivity index is 1.81. The average molecular weight is 350 g/mol. The number of nitrogens with one attached hydrogen (secondary N) is 1. The van der Waals surface area contributed by atoms with Gasteiger partial charge in [-0.1, -0.05) is 35.0 Å². The van der Waals surface area contributed by atoms with Gasteiger partial charge in [-0.05, 0) is 57.0 Å². The third-order valence-electron chi connectivity index (χ3n) is 3.72. The molecular formula is C17H24BrN3. The minimum absolute atomic E-state index is 0.429. The first-order valence-electron chi connectivity index (χ1n) is 7.60. The standard InChI is InChI=1S/C17H24BrN3/c1-4-17(15-6-8-16(18)9-7-15)19-10-5-11-21-14(3)12-13(2)20-21/h6-9,12,17,19H,4-5,10-11H2,1-3H3. The quantitative estimate of drug-likeness (QED) is 0.751. The van der Waals surface area contributed by atoms with Crippen molar-refractivity contribution in [1.29, 1.82) is 0 Å². The fourth-order valence-electron chi connectivity index (χ4n) is 2.60. The normalized spacial score (nSPS) is 12.6. The van der Waals surface area contributed by atoms with Crippen molar-refractivity contribution in [2.24, 2.45) is 0 Å². The molecule has 0 amide bonds. The van der Waals surface area contributed by atoms with Crippen LogP contribution in [0.1, 0.15) is 42.8 Å². The highest BCUT2D eigenvalue weighted by Crippen LogP contribution is 2.19. The maximum Gasteiger partial charge on any atom is 0.0596 e. The van der Waals surface area contributed by atoms with E-state index in [4.69, 9.17) is 0 Å². The zero-order chi connectivity index (χ0) is 15.2. The van der Waals surface area contributed by atoms with Crippen LogP contribution >= 0.6 is 15.9 Å². The summed E-state index contributed by atoms with van der Waals surface area (Å²) in [6.07, 6.45) is 2.19. The van der Waals surface area contributed by atoms with Crippen LogP contribution in [0.3, 0.4) is 0 Å². The van der Waals surface area contributed by atoms with Crippen molar-refractivity contribution in [3.63, 3.8) is 0 Å². The molecule has 1 unspecified atom stereocenters. The summed E-state index contributed by atoms with van der Waals surface area (Å²) in [6.45, 7) is 8.36. The van der Waals surface area contributed by atoms with Crippen LogP contribution in [0, 0.1) is 13.8 Å². The lowest BCUT2D eigenvalue weighted by Gasteiger charge is -2.17. The molecule has 0 saturated heterocycles.